The summed E-state index contributed by atoms with van der Waals surface area (Å²) < 4.78 is 1.72. The van der Waals surface area contributed by atoms with Crippen LogP contribution in [0.2, 0.25) is 5.02 Å². The average molecular weight is 287 g/mol. The lowest BCUT2D eigenvalue weighted by Crippen LogP contribution is -2.12. The van der Waals surface area contributed by atoms with Gasteiger partial charge < -0.3 is 0 Å². The minimum Gasteiger partial charge on any atom is -0.298 e. The van der Waals surface area contributed by atoms with Crippen LogP contribution >= 0.6 is 23.4 Å². The molecule has 0 unspecified atom stereocenters. The summed E-state index contributed by atoms with van der Waals surface area (Å²) in [6, 6.07) is 0. The van der Waals surface area contributed by atoms with Gasteiger partial charge in [-0.3, -0.25) is 9.48 Å². The van der Waals surface area contributed by atoms with E-state index in [1.54, 1.807) is 4.68 Å². The lowest BCUT2D eigenvalue weighted by Gasteiger charge is -2.08. The van der Waals surface area contributed by atoms with E-state index in [2.05, 4.69) is 5.10 Å². The number of thioether (sulfide) groups is 1. The minimum absolute atomic E-state index is 0.247. The van der Waals surface area contributed by atoms with E-state index in [1.807, 2.05) is 25.7 Å². The highest BCUT2D eigenvalue weighted by Gasteiger charge is 2.19. The van der Waals surface area contributed by atoms with Crippen LogP contribution in [0.3, 0.4) is 0 Å². The van der Waals surface area contributed by atoms with Crippen LogP contribution in [0.15, 0.2) is 0 Å². The molecule has 1 aliphatic carbocycles. The van der Waals surface area contributed by atoms with Gasteiger partial charge in [-0.05, 0) is 19.8 Å². The molecule has 0 aromatic carbocycles. The average Bonchev–Trinajstić information content (AvgIpc) is 2.92. The maximum Gasteiger partial charge on any atom is 0.148 e. The molecule has 1 fully saturated rings. The second kappa shape index (κ2) is 6.11. The molecule has 5 heteroatoms. The topological polar surface area (TPSA) is 34.9 Å². The molecule has 1 saturated carbocycles. The van der Waals surface area contributed by atoms with E-state index in [0.29, 0.717) is 22.4 Å². The van der Waals surface area contributed by atoms with Gasteiger partial charge in [0, 0.05) is 12.3 Å². The molecular formula is C13H19ClN2OS. The third-order valence-electron chi connectivity index (χ3n) is 3.41. The molecule has 0 aliphatic heterocycles. The van der Waals surface area contributed by atoms with Crippen molar-refractivity contribution in [2.24, 2.45) is 7.05 Å². The highest BCUT2D eigenvalue weighted by Crippen LogP contribution is 2.29. The van der Waals surface area contributed by atoms with Crippen molar-refractivity contribution in [3.05, 3.63) is 16.4 Å². The number of ketones is 1. The number of carbonyl (C=O) groups is 1. The Bertz CT molecular complexity index is 438. The zero-order valence-corrected chi connectivity index (χ0v) is 12.5. The standard InChI is InChI=1S/C13H19ClN2OS/c1-9-13(14)12(16(2)15-9)7-10(17)8-18-11-5-3-4-6-11/h11H,3-8H2,1-2H3. The van der Waals surface area contributed by atoms with E-state index in [1.165, 1.54) is 25.7 Å². The number of nitrogens with zero attached hydrogens (tertiary/aromatic N) is 2. The second-order valence-corrected chi connectivity index (χ2v) is 6.57. The summed E-state index contributed by atoms with van der Waals surface area (Å²) in [7, 11) is 1.84. The van der Waals surface area contributed by atoms with Gasteiger partial charge in [0.2, 0.25) is 0 Å². The summed E-state index contributed by atoms with van der Waals surface area (Å²) in [4.78, 5) is 12.0. The third kappa shape index (κ3) is 3.29. The molecule has 0 atom stereocenters. The zero-order chi connectivity index (χ0) is 13.1. The summed E-state index contributed by atoms with van der Waals surface area (Å²) in [6.45, 7) is 1.86. The number of carbonyl (C=O) groups excluding carboxylic acids is 1. The predicted molar refractivity (Wildman–Crippen MR) is 76.4 cm³/mol. The maximum atomic E-state index is 12.0. The van der Waals surface area contributed by atoms with Crippen molar-refractivity contribution in [2.45, 2.75) is 44.3 Å². The molecule has 1 aromatic heterocycles. The van der Waals surface area contributed by atoms with Crippen LogP contribution in [-0.2, 0) is 18.3 Å². The summed E-state index contributed by atoms with van der Waals surface area (Å²) in [5, 5.41) is 5.56. The van der Waals surface area contributed by atoms with E-state index < -0.39 is 0 Å². The SMILES string of the molecule is Cc1nn(C)c(CC(=O)CSC2CCCC2)c1Cl. The van der Waals surface area contributed by atoms with Crippen molar-refractivity contribution in [1.82, 2.24) is 9.78 Å². The molecule has 1 aromatic rings. The van der Waals surface area contributed by atoms with Crippen molar-refractivity contribution in [3.63, 3.8) is 0 Å². The normalized spacial score (nSPS) is 16.4. The minimum atomic E-state index is 0.247. The molecule has 0 saturated heterocycles. The molecule has 2 rings (SSSR count). The first-order valence-electron chi connectivity index (χ1n) is 6.39. The smallest absolute Gasteiger partial charge is 0.148 e. The van der Waals surface area contributed by atoms with Gasteiger partial charge in [0.25, 0.3) is 0 Å². The largest absolute Gasteiger partial charge is 0.298 e. The van der Waals surface area contributed by atoms with Crippen LogP contribution in [0, 0.1) is 6.92 Å². The highest BCUT2D eigenvalue weighted by atomic mass is 35.5. The molecule has 0 amide bonds. The van der Waals surface area contributed by atoms with Crippen LogP contribution in [0.4, 0.5) is 0 Å². The Morgan fingerprint density at radius 3 is 2.72 bits per heavy atom. The first kappa shape index (κ1) is 13.9. The van der Waals surface area contributed by atoms with Gasteiger partial charge >= 0.3 is 0 Å². The Hall–Kier alpha value is -0.480. The number of aromatic nitrogens is 2. The van der Waals surface area contributed by atoms with Crippen LogP contribution in [0.1, 0.15) is 37.1 Å². The summed E-state index contributed by atoms with van der Waals surface area (Å²) >= 11 is 7.95. The molecule has 0 spiro atoms. The van der Waals surface area contributed by atoms with Gasteiger partial charge in [-0.25, -0.2) is 0 Å². The quantitative estimate of drug-likeness (QED) is 0.834. The number of Topliss-reactive ketones (excluding diaryl/α,β-unsaturated/α-hetero) is 1. The zero-order valence-electron chi connectivity index (χ0n) is 10.9. The van der Waals surface area contributed by atoms with Gasteiger partial charge in [0.15, 0.2) is 0 Å². The molecule has 1 heterocycles. The van der Waals surface area contributed by atoms with E-state index >= 15 is 0 Å². The first-order chi connectivity index (χ1) is 8.58. The fraction of sp³-hybridized carbons (Fsp3) is 0.692. The van der Waals surface area contributed by atoms with Crippen LogP contribution in [0.5, 0.6) is 0 Å². The molecule has 1 aliphatic rings. The van der Waals surface area contributed by atoms with E-state index in [0.717, 1.165) is 11.4 Å². The predicted octanol–water partition coefficient (Wildman–Crippen LogP) is 3.17. The number of hydrogen-bond donors (Lipinski definition) is 0. The van der Waals surface area contributed by atoms with Crippen molar-refractivity contribution in [2.75, 3.05) is 5.75 Å². The lowest BCUT2D eigenvalue weighted by molar-refractivity contribution is -0.116. The Morgan fingerprint density at radius 1 is 1.50 bits per heavy atom. The molecule has 100 valence electrons. The summed E-state index contributed by atoms with van der Waals surface area (Å²) in [6.07, 6.45) is 5.57. The third-order valence-corrected chi connectivity index (χ3v) is 5.33. The fourth-order valence-electron chi connectivity index (χ4n) is 2.38. The number of rotatable bonds is 5. The van der Waals surface area contributed by atoms with Crippen molar-refractivity contribution >= 4 is 29.1 Å². The Morgan fingerprint density at radius 2 is 2.17 bits per heavy atom. The van der Waals surface area contributed by atoms with Gasteiger partial charge in [-0.1, -0.05) is 24.4 Å². The summed E-state index contributed by atoms with van der Waals surface area (Å²) in [5.74, 6) is 0.849. The Balaban J connectivity index is 1.86. The first-order valence-corrected chi connectivity index (χ1v) is 7.82. The van der Waals surface area contributed by atoms with Gasteiger partial charge in [0.05, 0.1) is 28.6 Å². The Kier molecular flexibility index (Phi) is 4.73. The second-order valence-electron chi connectivity index (χ2n) is 4.90. The molecule has 3 nitrogen and oxygen atoms in total. The Labute approximate surface area is 117 Å². The van der Waals surface area contributed by atoms with Gasteiger partial charge in [0.1, 0.15) is 5.78 Å². The van der Waals surface area contributed by atoms with Crippen molar-refractivity contribution in [3.8, 4) is 0 Å². The van der Waals surface area contributed by atoms with E-state index in [4.69, 9.17) is 11.6 Å². The van der Waals surface area contributed by atoms with E-state index in [9.17, 15) is 4.79 Å². The van der Waals surface area contributed by atoms with Crippen LogP contribution < -0.4 is 0 Å². The lowest BCUT2D eigenvalue weighted by atomic mass is 10.2. The molecular weight excluding hydrogens is 268 g/mol. The summed E-state index contributed by atoms with van der Waals surface area (Å²) in [5.41, 5.74) is 1.64. The number of halogens is 1. The van der Waals surface area contributed by atoms with Crippen LogP contribution in [0.25, 0.3) is 0 Å². The van der Waals surface area contributed by atoms with Gasteiger partial charge in [-0.15, -0.1) is 0 Å². The highest BCUT2D eigenvalue weighted by molar-refractivity contribution is 8.00. The van der Waals surface area contributed by atoms with Crippen molar-refractivity contribution < 1.29 is 4.79 Å². The monoisotopic (exact) mass is 286 g/mol. The molecule has 18 heavy (non-hydrogen) atoms. The maximum absolute atomic E-state index is 12.0. The van der Waals surface area contributed by atoms with Crippen molar-refractivity contribution in [1.29, 1.82) is 0 Å². The van der Waals surface area contributed by atoms with E-state index in [-0.39, 0.29) is 5.78 Å². The van der Waals surface area contributed by atoms with Crippen LogP contribution in [-0.4, -0.2) is 26.6 Å². The van der Waals surface area contributed by atoms with Gasteiger partial charge in [-0.2, -0.15) is 16.9 Å². The fourth-order valence-corrected chi connectivity index (χ4v) is 3.79. The number of aryl methyl sites for hydroxylation is 2. The number of hydrogen-bond acceptors (Lipinski definition) is 3. The molecule has 0 N–H and O–H groups in total. The molecule has 0 bridgehead atoms. The molecule has 0 radical (unpaired) electrons.